The molecule has 0 radical (unpaired) electrons. The monoisotopic (exact) mass is 256 g/mol. The summed E-state index contributed by atoms with van der Waals surface area (Å²) in [6, 6.07) is 0.746. The lowest BCUT2D eigenvalue weighted by Gasteiger charge is -2.37. The molecule has 2 heterocycles. The summed E-state index contributed by atoms with van der Waals surface area (Å²) in [5, 5.41) is 3.82. The molecule has 2 fully saturated rings. The van der Waals surface area contributed by atoms with Gasteiger partial charge in [0.2, 0.25) is 0 Å². The van der Waals surface area contributed by atoms with Gasteiger partial charge in [0.15, 0.2) is 0 Å². The Balaban J connectivity index is 1.70. The second kappa shape index (κ2) is 5.94. The van der Waals surface area contributed by atoms with Gasteiger partial charge < -0.3 is 10.2 Å². The van der Waals surface area contributed by atoms with Crippen molar-refractivity contribution in [2.45, 2.75) is 39.2 Å². The first-order valence-electron chi connectivity index (χ1n) is 7.05. The maximum atomic E-state index is 3.82. The van der Waals surface area contributed by atoms with Crippen LogP contribution in [0.15, 0.2) is 0 Å². The first-order valence-corrected chi connectivity index (χ1v) is 8.20. The average Bonchev–Trinajstić information content (AvgIpc) is 2.25. The minimum absolute atomic E-state index is 0.532. The highest BCUT2D eigenvalue weighted by atomic mass is 32.2. The van der Waals surface area contributed by atoms with Crippen molar-refractivity contribution in [3.63, 3.8) is 0 Å². The van der Waals surface area contributed by atoms with Crippen LogP contribution in [0.25, 0.3) is 0 Å². The lowest BCUT2D eigenvalue weighted by molar-refractivity contribution is 0.199. The molecular weight excluding hydrogens is 228 g/mol. The Morgan fingerprint density at radius 3 is 2.94 bits per heavy atom. The fraction of sp³-hybridized carbons (Fsp3) is 1.00. The van der Waals surface area contributed by atoms with Gasteiger partial charge in [-0.1, -0.05) is 13.8 Å². The molecule has 17 heavy (non-hydrogen) atoms. The smallest absolute Gasteiger partial charge is 0.0163 e. The molecule has 0 aromatic carbocycles. The summed E-state index contributed by atoms with van der Waals surface area (Å²) in [6.07, 6.45) is 4.15. The second-order valence-corrected chi connectivity index (χ2v) is 7.79. The summed E-state index contributed by atoms with van der Waals surface area (Å²) in [7, 11) is 2.26. The molecule has 2 atom stereocenters. The van der Waals surface area contributed by atoms with Crippen LogP contribution in [0.4, 0.5) is 0 Å². The van der Waals surface area contributed by atoms with E-state index in [1.165, 1.54) is 50.4 Å². The molecule has 2 rings (SSSR count). The van der Waals surface area contributed by atoms with E-state index < -0.39 is 0 Å². The molecule has 0 saturated carbocycles. The minimum atomic E-state index is 0.532. The summed E-state index contributed by atoms with van der Waals surface area (Å²) in [5.41, 5.74) is 0.532. The highest BCUT2D eigenvalue weighted by molar-refractivity contribution is 7.99. The van der Waals surface area contributed by atoms with Crippen LogP contribution in [0.5, 0.6) is 0 Å². The van der Waals surface area contributed by atoms with Crippen molar-refractivity contribution in [1.82, 2.24) is 10.2 Å². The molecule has 2 unspecified atom stereocenters. The fourth-order valence-electron chi connectivity index (χ4n) is 3.17. The van der Waals surface area contributed by atoms with Gasteiger partial charge in [-0.3, -0.25) is 0 Å². The van der Waals surface area contributed by atoms with Gasteiger partial charge in [-0.15, -0.1) is 0 Å². The summed E-state index contributed by atoms with van der Waals surface area (Å²) >= 11 is 2.12. The Kier molecular flexibility index (Phi) is 4.79. The van der Waals surface area contributed by atoms with Gasteiger partial charge >= 0.3 is 0 Å². The average molecular weight is 256 g/mol. The molecule has 1 N–H and O–H groups in total. The van der Waals surface area contributed by atoms with E-state index >= 15 is 0 Å². The Morgan fingerprint density at radius 1 is 1.41 bits per heavy atom. The standard InChI is InChI=1S/C14H28N2S/c1-14(2)7-13(10-17-11-14)15-8-12-5-4-6-16(3)9-12/h12-13,15H,4-11H2,1-3H3. The number of piperidine rings is 1. The number of rotatable bonds is 3. The molecule has 2 aliphatic rings. The third-order valence-corrected chi connectivity index (χ3v) is 5.65. The van der Waals surface area contributed by atoms with Gasteiger partial charge in [-0.25, -0.2) is 0 Å². The molecule has 0 amide bonds. The van der Waals surface area contributed by atoms with Crippen molar-refractivity contribution >= 4 is 11.8 Å². The molecule has 2 saturated heterocycles. The van der Waals surface area contributed by atoms with Crippen molar-refractivity contribution in [2.75, 3.05) is 38.2 Å². The Bertz CT molecular complexity index is 242. The van der Waals surface area contributed by atoms with Crippen LogP contribution in [0.2, 0.25) is 0 Å². The van der Waals surface area contributed by atoms with Gasteiger partial charge in [0.05, 0.1) is 0 Å². The molecule has 3 heteroatoms. The summed E-state index contributed by atoms with van der Waals surface area (Å²) in [5.74, 6) is 3.52. The van der Waals surface area contributed by atoms with E-state index in [1.807, 2.05) is 0 Å². The van der Waals surface area contributed by atoms with Gasteiger partial charge in [0.25, 0.3) is 0 Å². The van der Waals surface area contributed by atoms with E-state index in [9.17, 15) is 0 Å². The van der Waals surface area contributed by atoms with E-state index in [2.05, 4.69) is 42.9 Å². The largest absolute Gasteiger partial charge is 0.313 e. The van der Waals surface area contributed by atoms with Crippen LogP contribution >= 0.6 is 11.8 Å². The number of nitrogens with zero attached hydrogens (tertiary/aromatic N) is 1. The lowest BCUT2D eigenvalue weighted by atomic mass is 9.87. The van der Waals surface area contributed by atoms with Crippen LogP contribution in [0.3, 0.4) is 0 Å². The van der Waals surface area contributed by atoms with Gasteiger partial charge in [-0.05, 0) is 56.5 Å². The van der Waals surface area contributed by atoms with E-state index in [1.54, 1.807) is 0 Å². The SMILES string of the molecule is CN1CCCC(CNC2CSCC(C)(C)C2)C1. The molecule has 0 aliphatic carbocycles. The molecular formula is C14H28N2S. The number of thioether (sulfide) groups is 1. The maximum Gasteiger partial charge on any atom is 0.0163 e. The highest BCUT2D eigenvalue weighted by Crippen LogP contribution is 2.33. The third-order valence-electron chi connectivity index (χ3n) is 4.03. The first-order chi connectivity index (χ1) is 8.05. The first kappa shape index (κ1) is 13.7. The predicted molar refractivity (Wildman–Crippen MR) is 77.7 cm³/mol. The zero-order valence-electron chi connectivity index (χ0n) is 11.7. The topological polar surface area (TPSA) is 15.3 Å². The number of nitrogens with one attached hydrogen (secondary N) is 1. The van der Waals surface area contributed by atoms with Crippen LogP contribution in [0.1, 0.15) is 33.1 Å². The van der Waals surface area contributed by atoms with Crippen LogP contribution in [0, 0.1) is 11.3 Å². The van der Waals surface area contributed by atoms with Crippen molar-refractivity contribution in [3.8, 4) is 0 Å². The van der Waals surface area contributed by atoms with E-state index in [-0.39, 0.29) is 0 Å². The van der Waals surface area contributed by atoms with Crippen molar-refractivity contribution in [1.29, 1.82) is 0 Å². The van der Waals surface area contributed by atoms with Crippen molar-refractivity contribution in [3.05, 3.63) is 0 Å². The highest BCUT2D eigenvalue weighted by Gasteiger charge is 2.28. The molecule has 100 valence electrons. The molecule has 2 aliphatic heterocycles. The zero-order valence-corrected chi connectivity index (χ0v) is 12.5. The van der Waals surface area contributed by atoms with Gasteiger partial charge in [-0.2, -0.15) is 11.8 Å². The van der Waals surface area contributed by atoms with Gasteiger partial charge in [0, 0.05) is 18.3 Å². The quantitative estimate of drug-likeness (QED) is 0.835. The molecule has 0 aromatic heterocycles. The van der Waals surface area contributed by atoms with Crippen molar-refractivity contribution in [2.24, 2.45) is 11.3 Å². The summed E-state index contributed by atoms with van der Waals surface area (Å²) < 4.78 is 0. The summed E-state index contributed by atoms with van der Waals surface area (Å²) in [4.78, 5) is 2.48. The molecule has 0 aromatic rings. The maximum absolute atomic E-state index is 3.82. The van der Waals surface area contributed by atoms with Crippen LogP contribution in [-0.2, 0) is 0 Å². The molecule has 0 spiro atoms. The normalized spacial score (nSPS) is 34.8. The zero-order chi connectivity index (χ0) is 12.3. The predicted octanol–water partition coefficient (Wildman–Crippen LogP) is 2.45. The molecule has 2 nitrogen and oxygen atoms in total. The van der Waals surface area contributed by atoms with Crippen molar-refractivity contribution < 1.29 is 0 Å². The number of hydrogen-bond donors (Lipinski definition) is 1. The second-order valence-electron chi connectivity index (χ2n) is 6.76. The minimum Gasteiger partial charge on any atom is -0.313 e. The molecule has 0 bridgehead atoms. The number of hydrogen-bond acceptors (Lipinski definition) is 3. The van der Waals surface area contributed by atoms with Crippen LogP contribution < -0.4 is 5.32 Å². The Labute approximate surface area is 111 Å². The van der Waals surface area contributed by atoms with E-state index in [4.69, 9.17) is 0 Å². The Hall–Kier alpha value is 0.270. The summed E-state index contributed by atoms with van der Waals surface area (Å²) in [6.45, 7) is 8.62. The van der Waals surface area contributed by atoms with Crippen LogP contribution in [-0.4, -0.2) is 49.1 Å². The third kappa shape index (κ3) is 4.46. The number of likely N-dealkylation sites (tertiary alicyclic amines) is 1. The fourth-order valence-corrected chi connectivity index (χ4v) is 4.48. The van der Waals surface area contributed by atoms with Gasteiger partial charge in [0.1, 0.15) is 0 Å². The van der Waals surface area contributed by atoms with E-state index in [0.29, 0.717) is 5.41 Å². The Morgan fingerprint density at radius 2 is 2.24 bits per heavy atom. The van der Waals surface area contributed by atoms with E-state index in [0.717, 1.165) is 12.0 Å². The lowest BCUT2D eigenvalue weighted by Crippen LogP contribution is -2.44.